The van der Waals surface area contributed by atoms with Crippen LogP contribution in [-0.2, 0) is 14.9 Å². The number of nitrogens with one attached hydrogen (secondary N) is 1. The lowest BCUT2D eigenvalue weighted by atomic mass is 9.61. The fourth-order valence-corrected chi connectivity index (χ4v) is 2.59. The summed E-state index contributed by atoms with van der Waals surface area (Å²) in [4.78, 5) is 22.9. The normalized spacial score (nSPS) is 23.3. The molecule has 118 valence electrons. The van der Waals surface area contributed by atoms with Crippen molar-refractivity contribution in [2.24, 2.45) is 0 Å². The molecule has 1 aromatic carbocycles. The number of ether oxygens (including phenoxy) is 1. The van der Waals surface area contributed by atoms with Crippen molar-refractivity contribution in [3.63, 3.8) is 0 Å². The number of carbonyl (C=O) groups excluding carboxylic acids is 1. The molecule has 7 heteroatoms. The molecule has 0 unspecified atom stereocenters. The predicted octanol–water partition coefficient (Wildman–Crippen LogP) is 2.36. The number of amides is 1. The van der Waals surface area contributed by atoms with Gasteiger partial charge in [-0.05, 0) is 30.5 Å². The van der Waals surface area contributed by atoms with Gasteiger partial charge in [0.1, 0.15) is 18.2 Å². The first-order valence-corrected chi connectivity index (χ1v) is 6.61. The van der Waals surface area contributed by atoms with Crippen LogP contribution in [0.25, 0.3) is 0 Å². The molecule has 2 rings (SSSR count). The van der Waals surface area contributed by atoms with E-state index < -0.39 is 35.2 Å². The lowest BCUT2D eigenvalue weighted by Crippen LogP contribution is -2.57. The van der Waals surface area contributed by atoms with Crippen molar-refractivity contribution in [1.82, 2.24) is 5.32 Å². The SMILES string of the molecule is C=CCOC(=O)NC1CC(C(=O)O)(c2cc(F)cc(F)c2)C1. The van der Waals surface area contributed by atoms with Gasteiger partial charge in [0.15, 0.2) is 0 Å². The summed E-state index contributed by atoms with van der Waals surface area (Å²) in [6.45, 7) is 3.43. The van der Waals surface area contributed by atoms with Crippen LogP contribution in [-0.4, -0.2) is 29.8 Å². The summed E-state index contributed by atoms with van der Waals surface area (Å²) < 4.78 is 31.3. The van der Waals surface area contributed by atoms with Crippen LogP contribution in [0, 0.1) is 11.6 Å². The van der Waals surface area contributed by atoms with E-state index in [9.17, 15) is 23.5 Å². The second-order valence-electron chi connectivity index (χ2n) is 5.18. The Kier molecular flexibility index (Phi) is 4.44. The number of rotatable bonds is 5. The Hall–Kier alpha value is -2.44. The molecule has 1 amide bonds. The molecule has 0 heterocycles. The van der Waals surface area contributed by atoms with Crippen LogP contribution in [0.4, 0.5) is 13.6 Å². The molecule has 0 atom stereocenters. The van der Waals surface area contributed by atoms with Crippen molar-refractivity contribution in [2.75, 3.05) is 6.61 Å². The number of hydrogen-bond donors (Lipinski definition) is 2. The van der Waals surface area contributed by atoms with E-state index in [1.54, 1.807) is 0 Å². The van der Waals surface area contributed by atoms with Gasteiger partial charge in [-0.3, -0.25) is 4.79 Å². The van der Waals surface area contributed by atoms with Gasteiger partial charge < -0.3 is 15.2 Å². The summed E-state index contributed by atoms with van der Waals surface area (Å²) in [5.41, 5.74) is -1.35. The van der Waals surface area contributed by atoms with Crippen LogP contribution >= 0.6 is 0 Å². The molecule has 0 bridgehead atoms. The van der Waals surface area contributed by atoms with E-state index in [0.717, 1.165) is 12.1 Å². The second-order valence-corrected chi connectivity index (χ2v) is 5.18. The molecule has 0 spiro atoms. The highest BCUT2D eigenvalue weighted by molar-refractivity contribution is 5.83. The molecule has 5 nitrogen and oxygen atoms in total. The van der Waals surface area contributed by atoms with Gasteiger partial charge in [0.2, 0.25) is 0 Å². The molecule has 1 aliphatic carbocycles. The van der Waals surface area contributed by atoms with Gasteiger partial charge in [0.25, 0.3) is 0 Å². The zero-order chi connectivity index (χ0) is 16.3. The molecule has 22 heavy (non-hydrogen) atoms. The fourth-order valence-electron chi connectivity index (χ4n) is 2.59. The number of aliphatic carboxylic acids is 1. The van der Waals surface area contributed by atoms with Crippen LogP contribution < -0.4 is 5.32 Å². The summed E-state index contributed by atoms with van der Waals surface area (Å²) >= 11 is 0. The molecule has 2 N–H and O–H groups in total. The van der Waals surface area contributed by atoms with Crippen LogP contribution in [0.15, 0.2) is 30.9 Å². The number of alkyl carbamates (subject to hydrolysis) is 1. The number of carboxylic acid groups (broad SMARTS) is 1. The number of halogens is 2. The second kappa shape index (κ2) is 6.13. The van der Waals surface area contributed by atoms with E-state index in [-0.39, 0.29) is 25.0 Å². The zero-order valence-corrected chi connectivity index (χ0v) is 11.6. The Bertz CT molecular complexity index is 591. The van der Waals surface area contributed by atoms with Crippen LogP contribution in [0.5, 0.6) is 0 Å². The smallest absolute Gasteiger partial charge is 0.407 e. The minimum absolute atomic E-state index is 0.0361. The first-order chi connectivity index (χ1) is 10.4. The third-order valence-electron chi connectivity index (χ3n) is 3.67. The van der Waals surface area contributed by atoms with Crippen LogP contribution in [0.2, 0.25) is 0 Å². The predicted molar refractivity (Wildman–Crippen MR) is 73.4 cm³/mol. The Morgan fingerprint density at radius 3 is 2.45 bits per heavy atom. The molecule has 0 aromatic heterocycles. The third-order valence-corrected chi connectivity index (χ3v) is 3.67. The van der Waals surface area contributed by atoms with Crippen molar-refractivity contribution < 1.29 is 28.2 Å². The topological polar surface area (TPSA) is 75.6 Å². The maximum atomic E-state index is 13.3. The van der Waals surface area contributed by atoms with E-state index in [1.165, 1.54) is 6.08 Å². The number of carbonyl (C=O) groups is 2. The highest BCUT2D eigenvalue weighted by Gasteiger charge is 2.52. The largest absolute Gasteiger partial charge is 0.481 e. The van der Waals surface area contributed by atoms with Crippen molar-refractivity contribution in [2.45, 2.75) is 24.3 Å². The van der Waals surface area contributed by atoms with Gasteiger partial charge >= 0.3 is 12.1 Å². The van der Waals surface area contributed by atoms with Crippen LogP contribution in [0.1, 0.15) is 18.4 Å². The van der Waals surface area contributed by atoms with Gasteiger partial charge in [-0.15, -0.1) is 0 Å². The number of benzene rings is 1. The molecular weight excluding hydrogens is 296 g/mol. The Labute approximate surface area is 125 Å². The molecule has 1 saturated carbocycles. The minimum Gasteiger partial charge on any atom is -0.481 e. The first kappa shape index (κ1) is 15.9. The van der Waals surface area contributed by atoms with E-state index in [2.05, 4.69) is 11.9 Å². The van der Waals surface area contributed by atoms with E-state index in [4.69, 9.17) is 4.74 Å². The maximum Gasteiger partial charge on any atom is 0.407 e. The highest BCUT2D eigenvalue weighted by atomic mass is 19.1. The van der Waals surface area contributed by atoms with Crippen molar-refractivity contribution in [3.05, 3.63) is 48.1 Å². The first-order valence-electron chi connectivity index (χ1n) is 6.61. The number of carboxylic acids is 1. The highest BCUT2D eigenvalue weighted by Crippen LogP contribution is 2.44. The van der Waals surface area contributed by atoms with Crippen molar-refractivity contribution >= 4 is 12.1 Å². The summed E-state index contributed by atoms with van der Waals surface area (Å²) in [7, 11) is 0. The van der Waals surface area contributed by atoms with Crippen LogP contribution in [0.3, 0.4) is 0 Å². The quantitative estimate of drug-likeness (QED) is 0.819. The van der Waals surface area contributed by atoms with Gasteiger partial charge in [-0.1, -0.05) is 12.7 Å². The maximum absolute atomic E-state index is 13.3. The standard InChI is InChI=1S/C15H15F2NO4/c1-2-3-22-14(21)18-12-7-15(8-12,13(19)20)9-4-10(16)6-11(17)5-9/h2,4-6,12H,1,3,7-8H2,(H,18,21)(H,19,20). The van der Waals surface area contributed by atoms with Gasteiger partial charge in [-0.2, -0.15) is 0 Å². The average Bonchev–Trinajstić information content (AvgIpc) is 2.38. The van der Waals surface area contributed by atoms with E-state index in [0.29, 0.717) is 6.07 Å². The van der Waals surface area contributed by atoms with Gasteiger partial charge in [0.05, 0.1) is 5.41 Å². The monoisotopic (exact) mass is 311 g/mol. The molecule has 1 aliphatic rings. The summed E-state index contributed by atoms with van der Waals surface area (Å²) in [6.07, 6.45) is 0.787. The lowest BCUT2D eigenvalue weighted by molar-refractivity contribution is -0.148. The number of hydrogen-bond acceptors (Lipinski definition) is 3. The summed E-state index contributed by atoms with van der Waals surface area (Å²) in [5.74, 6) is -2.86. The van der Waals surface area contributed by atoms with E-state index >= 15 is 0 Å². The minimum atomic E-state index is -1.40. The van der Waals surface area contributed by atoms with Crippen molar-refractivity contribution in [1.29, 1.82) is 0 Å². The Morgan fingerprint density at radius 1 is 1.36 bits per heavy atom. The van der Waals surface area contributed by atoms with Gasteiger partial charge in [0, 0.05) is 12.1 Å². The molecule has 0 aliphatic heterocycles. The molecule has 0 saturated heterocycles. The Morgan fingerprint density at radius 2 is 1.95 bits per heavy atom. The molecule has 1 aromatic rings. The Balaban J connectivity index is 2.09. The summed E-state index contributed by atoms with van der Waals surface area (Å²) in [6, 6.07) is 2.26. The summed E-state index contributed by atoms with van der Waals surface area (Å²) in [5, 5.41) is 11.9. The van der Waals surface area contributed by atoms with E-state index in [1.807, 2.05) is 0 Å². The molecule has 1 fully saturated rings. The van der Waals surface area contributed by atoms with Crippen molar-refractivity contribution in [3.8, 4) is 0 Å². The average molecular weight is 311 g/mol. The molecule has 0 radical (unpaired) electrons. The third kappa shape index (κ3) is 3.08. The lowest BCUT2D eigenvalue weighted by Gasteiger charge is -2.44. The molecular formula is C15H15F2NO4. The van der Waals surface area contributed by atoms with Gasteiger partial charge in [-0.25, -0.2) is 13.6 Å². The fraction of sp³-hybridized carbons (Fsp3) is 0.333. The zero-order valence-electron chi connectivity index (χ0n) is 11.6.